The minimum atomic E-state index is -4.36. The summed E-state index contributed by atoms with van der Waals surface area (Å²) in [7, 11) is 1.51. The number of carbonyl (C=O) groups excluding carboxylic acids is 1. The highest BCUT2D eigenvalue weighted by molar-refractivity contribution is 7.47. The molecule has 3 N–H and O–H groups in total. The summed E-state index contributed by atoms with van der Waals surface area (Å²) in [4.78, 5) is 23.1. The van der Waals surface area contributed by atoms with Crippen LogP contribution in [0.15, 0.2) is 85.1 Å². The molecule has 0 aliphatic carbocycles. The molecule has 0 aromatic heterocycles. The van der Waals surface area contributed by atoms with Crippen molar-refractivity contribution in [1.29, 1.82) is 0 Å². The van der Waals surface area contributed by atoms with E-state index in [2.05, 4.69) is 92.1 Å². The molecule has 0 aliphatic rings. The Morgan fingerprint density at radius 3 is 1.64 bits per heavy atom. The van der Waals surface area contributed by atoms with Crippen LogP contribution in [0.25, 0.3) is 0 Å². The lowest BCUT2D eigenvalue weighted by Crippen LogP contribution is -2.45. The van der Waals surface area contributed by atoms with E-state index in [-0.39, 0.29) is 19.1 Å². The van der Waals surface area contributed by atoms with Crippen LogP contribution in [0.4, 0.5) is 0 Å². The van der Waals surface area contributed by atoms with Crippen molar-refractivity contribution in [2.75, 3.05) is 40.9 Å². The summed E-state index contributed by atoms with van der Waals surface area (Å²) in [6, 6.07) is -0.885. The molecule has 0 radical (unpaired) electrons. The zero-order valence-electron chi connectivity index (χ0n) is 36.3. The van der Waals surface area contributed by atoms with E-state index in [9.17, 15) is 19.4 Å². The van der Waals surface area contributed by atoms with Gasteiger partial charge in [-0.25, -0.2) is 4.57 Å². The molecule has 0 aliphatic heterocycles. The number of quaternary nitrogens is 1. The lowest BCUT2D eigenvalue weighted by Gasteiger charge is -2.25. The van der Waals surface area contributed by atoms with Crippen molar-refractivity contribution in [1.82, 2.24) is 5.32 Å². The topological polar surface area (TPSA) is 105 Å². The Morgan fingerprint density at radius 2 is 1.09 bits per heavy atom. The molecule has 56 heavy (non-hydrogen) atoms. The first-order valence-corrected chi connectivity index (χ1v) is 23.5. The predicted octanol–water partition coefficient (Wildman–Crippen LogP) is 12.2. The summed E-state index contributed by atoms with van der Waals surface area (Å²) in [5.74, 6) is -0.223. The van der Waals surface area contributed by atoms with Crippen molar-refractivity contribution >= 4 is 13.7 Å². The number of nitrogens with zero attached hydrogens (tertiary/aromatic N) is 1. The van der Waals surface area contributed by atoms with Crippen molar-refractivity contribution in [3.63, 3.8) is 0 Å². The van der Waals surface area contributed by atoms with Crippen LogP contribution in [0.3, 0.4) is 0 Å². The molecular formula is C47H84N2O6P+. The second kappa shape index (κ2) is 38.2. The predicted molar refractivity (Wildman–Crippen MR) is 239 cm³/mol. The second-order valence-electron chi connectivity index (χ2n) is 15.7. The molecule has 0 spiro atoms. The first-order valence-electron chi connectivity index (χ1n) is 22.0. The molecule has 3 atom stereocenters. The molecule has 0 heterocycles. The highest BCUT2D eigenvalue weighted by Gasteiger charge is 2.27. The van der Waals surface area contributed by atoms with E-state index < -0.39 is 20.0 Å². The molecule has 0 saturated carbocycles. The van der Waals surface area contributed by atoms with Gasteiger partial charge >= 0.3 is 7.82 Å². The van der Waals surface area contributed by atoms with E-state index in [1.165, 1.54) is 57.8 Å². The van der Waals surface area contributed by atoms with Crippen molar-refractivity contribution in [2.24, 2.45) is 0 Å². The van der Waals surface area contributed by atoms with E-state index in [0.29, 0.717) is 23.9 Å². The Kier molecular flexibility index (Phi) is 36.6. The van der Waals surface area contributed by atoms with Crippen molar-refractivity contribution in [3.8, 4) is 0 Å². The van der Waals surface area contributed by atoms with E-state index >= 15 is 0 Å². The van der Waals surface area contributed by atoms with Gasteiger partial charge in [0.2, 0.25) is 5.91 Å². The van der Waals surface area contributed by atoms with Gasteiger partial charge in [-0.2, -0.15) is 0 Å². The number of aliphatic hydroxyl groups excluding tert-OH is 1. The average molecular weight is 804 g/mol. The van der Waals surface area contributed by atoms with Crippen molar-refractivity contribution in [2.45, 2.75) is 167 Å². The number of unbranched alkanes of at least 4 members (excludes halogenated alkanes) is 13. The number of phosphoric acid groups is 1. The number of carbonyl (C=O) groups is 1. The first kappa shape index (κ1) is 53.7. The van der Waals surface area contributed by atoms with Crippen LogP contribution in [0, 0.1) is 0 Å². The standard InChI is InChI=1S/C47H83N2O6P/c1-6-8-10-12-14-16-18-20-22-23-24-25-27-29-31-33-35-37-39-41-47(51)48-45(44-55-56(52,53)54-43-42-49(3,4)5)46(50)40-38-36-34-32-30-28-26-21-19-17-15-13-11-9-7-2/h8,10,14,16,20,22,24-25,29-32,38,40,45-46,50H,6-7,9,11-13,15,17-19,21,23,26-28,33-37,39,41-44H2,1-5H3,(H-,48,51,52,53)/p+1/b10-8-,16-14-,22-20-,25-24-,31-29-,32-30+,40-38+. The lowest BCUT2D eigenvalue weighted by atomic mass is 10.1. The molecule has 8 nitrogen and oxygen atoms in total. The second-order valence-corrected chi connectivity index (χ2v) is 17.1. The van der Waals surface area contributed by atoms with Gasteiger partial charge in [0.1, 0.15) is 13.2 Å². The number of aliphatic hydroxyl groups is 1. The summed E-state index contributed by atoms with van der Waals surface area (Å²) in [5, 5.41) is 13.8. The minimum Gasteiger partial charge on any atom is -0.387 e. The molecule has 0 saturated heterocycles. The maximum Gasteiger partial charge on any atom is 0.472 e. The summed E-state index contributed by atoms with van der Waals surface area (Å²) in [5.41, 5.74) is 0. The molecule has 3 unspecified atom stereocenters. The van der Waals surface area contributed by atoms with Gasteiger partial charge < -0.3 is 19.8 Å². The van der Waals surface area contributed by atoms with Crippen LogP contribution in [0.5, 0.6) is 0 Å². The number of phosphoric ester groups is 1. The zero-order valence-corrected chi connectivity index (χ0v) is 37.2. The largest absolute Gasteiger partial charge is 0.472 e. The molecular weight excluding hydrogens is 719 g/mol. The van der Waals surface area contributed by atoms with Gasteiger partial charge in [-0.1, -0.05) is 157 Å². The maximum absolute atomic E-state index is 12.9. The quantitative estimate of drug-likeness (QED) is 0.0248. The molecule has 0 rings (SSSR count). The summed E-state index contributed by atoms with van der Waals surface area (Å²) >= 11 is 0. The Morgan fingerprint density at radius 1 is 0.625 bits per heavy atom. The number of allylic oxidation sites excluding steroid dienone is 13. The number of amides is 1. The smallest absolute Gasteiger partial charge is 0.387 e. The number of hydrogen-bond acceptors (Lipinski definition) is 5. The highest BCUT2D eigenvalue weighted by atomic mass is 31.2. The molecule has 0 fully saturated rings. The van der Waals surface area contributed by atoms with E-state index in [1.807, 2.05) is 27.2 Å². The summed E-state index contributed by atoms with van der Waals surface area (Å²) < 4.78 is 23.5. The SMILES string of the molecule is CC/C=C\C/C=C\C/C=C\C/C=C\C/C=C\CCCCCC(=O)NC(COP(=O)(O)OCC[N+](C)(C)C)C(O)/C=C/CC/C=C/CCCCCCCCCCC. The Balaban J connectivity index is 4.57. The molecule has 1 amide bonds. The van der Waals surface area contributed by atoms with E-state index in [4.69, 9.17) is 9.05 Å². The van der Waals surface area contributed by atoms with Crippen LogP contribution in [-0.2, 0) is 18.4 Å². The number of nitrogens with one attached hydrogen (secondary N) is 1. The third-order valence-corrected chi connectivity index (χ3v) is 10.1. The van der Waals surface area contributed by atoms with Crippen LogP contribution in [0.2, 0.25) is 0 Å². The van der Waals surface area contributed by atoms with Crippen molar-refractivity contribution in [3.05, 3.63) is 85.1 Å². The van der Waals surface area contributed by atoms with Gasteiger partial charge in [0.05, 0.1) is 39.9 Å². The van der Waals surface area contributed by atoms with E-state index in [1.54, 1.807) is 6.08 Å². The van der Waals surface area contributed by atoms with Crippen LogP contribution < -0.4 is 5.32 Å². The zero-order chi connectivity index (χ0) is 41.4. The number of hydrogen-bond donors (Lipinski definition) is 3. The van der Waals surface area contributed by atoms with Gasteiger partial charge in [0, 0.05) is 6.42 Å². The molecule has 322 valence electrons. The Hall–Kier alpha value is -2.32. The fraction of sp³-hybridized carbons (Fsp3) is 0.681. The molecule has 0 aromatic carbocycles. The highest BCUT2D eigenvalue weighted by Crippen LogP contribution is 2.43. The summed E-state index contributed by atoms with van der Waals surface area (Å²) in [6.45, 7) is 4.62. The third-order valence-electron chi connectivity index (χ3n) is 9.10. The normalized spacial score (nSPS) is 15.2. The minimum absolute atomic E-state index is 0.0447. The van der Waals surface area contributed by atoms with Crippen LogP contribution in [-0.4, -0.2) is 73.4 Å². The molecule has 0 aromatic rings. The lowest BCUT2D eigenvalue weighted by molar-refractivity contribution is -0.870. The Labute approximate surface area is 344 Å². The number of rotatable bonds is 38. The van der Waals surface area contributed by atoms with Crippen molar-refractivity contribution < 1.29 is 32.9 Å². The van der Waals surface area contributed by atoms with E-state index in [0.717, 1.165) is 70.6 Å². The fourth-order valence-corrected chi connectivity index (χ4v) is 6.35. The van der Waals surface area contributed by atoms with Crippen LogP contribution >= 0.6 is 7.82 Å². The number of likely N-dealkylation sites (N-methyl/N-ethyl adjacent to an activating group) is 1. The third kappa shape index (κ3) is 39.9. The summed E-state index contributed by atoms with van der Waals surface area (Å²) in [6.07, 6.45) is 52.2. The maximum atomic E-state index is 12.9. The average Bonchev–Trinajstić information content (AvgIpc) is 3.15. The molecule has 0 bridgehead atoms. The van der Waals surface area contributed by atoms with Gasteiger partial charge in [-0.3, -0.25) is 13.8 Å². The van der Waals surface area contributed by atoms with Gasteiger partial charge in [0.25, 0.3) is 0 Å². The van der Waals surface area contributed by atoms with Gasteiger partial charge in [-0.05, 0) is 77.0 Å². The first-order chi connectivity index (χ1) is 27.0. The Bertz CT molecular complexity index is 1180. The van der Waals surface area contributed by atoms with Crippen LogP contribution in [0.1, 0.15) is 155 Å². The van der Waals surface area contributed by atoms with Gasteiger partial charge in [-0.15, -0.1) is 0 Å². The van der Waals surface area contributed by atoms with Gasteiger partial charge in [0.15, 0.2) is 0 Å². The monoisotopic (exact) mass is 804 g/mol. The molecule has 9 heteroatoms. The fourth-order valence-electron chi connectivity index (χ4n) is 5.61.